The first-order chi connectivity index (χ1) is 15.3. The van der Waals surface area contributed by atoms with Gasteiger partial charge >= 0.3 is 0 Å². The summed E-state index contributed by atoms with van der Waals surface area (Å²) in [7, 11) is 0. The van der Waals surface area contributed by atoms with Gasteiger partial charge in [-0.25, -0.2) is 0 Å². The standard InChI is InChI=1S/C22H19BrN2O6S/c1-3-9-24-21(26)20(32-22(24)27)11-15-10-18(30-4-2)19(12-17(15)23)31-13-14-5-7-16(8-6-14)25(28)29/h3,5-8,10-12H,1,4,9,13H2,2H3/b20-11+. The number of ether oxygens (including phenoxy) is 2. The van der Waals surface area contributed by atoms with Crippen LogP contribution < -0.4 is 9.47 Å². The number of hydrogen-bond acceptors (Lipinski definition) is 7. The molecule has 10 heteroatoms. The molecule has 2 aromatic carbocycles. The van der Waals surface area contributed by atoms with E-state index in [2.05, 4.69) is 22.5 Å². The zero-order valence-electron chi connectivity index (χ0n) is 17.1. The van der Waals surface area contributed by atoms with Gasteiger partial charge in [0.25, 0.3) is 16.8 Å². The first-order valence-electron chi connectivity index (χ1n) is 9.52. The quantitative estimate of drug-likeness (QED) is 0.185. The van der Waals surface area contributed by atoms with E-state index in [9.17, 15) is 19.7 Å². The molecule has 32 heavy (non-hydrogen) atoms. The maximum absolute atomic E-state index is 12.5. The van der Waals surface area contributed by atoms with Gasteiger partial charge in [-0.05, 0) is 60.2 Å². The van der Waals surface area contributed by atoms with Gasteiger partial charge in [0.2, 0.25) is 0 Å². The molecule has 8 nitrogen and oxygen atoms in total. The van der Waals surface area contributed by atoms with Gasteiger partial charge in [-0.2, -0.15) is 0 Å². The molecule has 3 rings (SSSR count). The Labute approximate surface area is 197 Å². The van der Waals surface area contributed by atoms with Crippen molar-refractivity contribution in [3.8, 4) is 11.5 Å². The average Bonchev–Trinajstić information content (AvgIpc) is 3.03. The molecule has 0 aromatic heterocycles. The summed E-state index contributed by atoms with van der Waals surface area (Å²) < 4.78 is 12.2. The summed E-state index contributed by atoms with van der Waals surface area (Å²) in [6, 6.07) is 9.53. The van der Waals surface area contributed by atoms with Crippen molar-refractivity contribution in [2.75, 3.05) is 13.2 Å². The number of nitro benzene ring substituents is 1. The fourth-order valence-electron chi connectivity index (χ4n) is 2.85. The number of nitrogens with zero attached hydrogens (tertiary/aromatic N) is 2. The summed E-state index contributed by atoms with van der Waals surface area (Å²) in [5.74, 6) is 0.562. The lowest BCUT2D eigenvalue weighted by molar-refractivity contribution is -0.384. The van der Waals surface area contributed by atoms with E-state index in [1.165, 1.54) is 18.2 Å². The summed E-state index contributed by atoms with van der Waals surface area (Å²) in [6.07, 6.45) is 3.13. The average molecular weight is 519 g/mol. The van der Waals surface area contributed by atoms with Gasteiger partial charge in [0.15, 0.2) is 11.5 Å². The summed E-state index contributed by atoms with van der Waals surface area (Å²) in [5.41, 5.74) is 1.42. The van der Waals surface area contributed by atoms with Crippen LogP contribution in [-0.4, -0.2) is 34.1 Å². The second-order valence-corrected chi connectivity index (χ2v) is 8.39. The van der Waals surface area contributed by atoms with Crippen LogP contribution in [0, 0.1) is 10.1 Å². The molecule has 0 N–H and O–H groups in total. The molecule has 0 spiro atoms. The molecule has 0 atom stereocenters. The molecule has 0 unspecified atom stereocenters. The molecule has 2 aromatic rings. The molecule has 1 aliphatic heterocycles. The fraction of sp³-hybridized carbons (Fsp3) is 0.182. The summed E-state index contributed by atoms with van der Waals surface area (Å²) in [5, 5.41) is 10.4. The topological polar surface area (TPSA) is 99.0 Å². The SMILES string of the molecule is C=CCN1C(=O)S/C(=C/c2cc(OCC)c(OCc3ccc([N+](=O)[O-])cc3)cc2Br)C1=O. The van der Waals surface area contributed by atoms with Crippen LogP contribution in [-0.2, 0) is 11.4 Å². The maximum Gasteiger partial charge on any atom is 0.293 e. The van der Waals surface area contributed by atoms with Crippen molar-refractivity contribution in [1.29, 1.82) is 0 Å². The number of nitro groups is 1. The van der Waals surface area contributed by atoms with Crippen LogP contribution in [0.4, 0.5) is 10.5 Å². The molecule has 1 heterocycles. The van der Waals surface area contributed by atoms with Crippen LogP contribution in [0.2, 0.25) is 0 Å². The van der Waals surface area contributed by atoms with Crippen LogP contribution in [0.25, 0.3) is 6.08 Å². The van der Waals surface area contributed by atoms with Crippen molar-refractivity contribution in [2.24, 2.45) is 0 Å². The molecule has 0 bridgehead atoms. The van der Waals surface area contributed by atoms with Crippen LogP contribution in [0.3, 0.4) is 0 Å². The Hall–Kier alpha value is -3.11. The Bertz CT molecular complexity index is 1100. The minimum Gasteiger partial charge on any atom is -0.490 e. The van der Waals surface area contributed by atoms with Gasteiger partial charge in [-0.3, -0.25) is 24.6 Å². The normalized spacial score (nSPS) is 14.7. The molecule has 2 amide bonds. The molecular weight excluding hydrogens is 500 g/mol. The Morgan fingerprint density at radius 2 is 1.88 bits per heavy atom. The molecule has 1 aliphatic rings. The Kier molecular flexibility index (Phi) is 7.70. The molecule has 1 fully saturated rings. The molecular formula is C22H19BrN2O6S. The van der Waals surface area contributed by atoms with Crippen molar-refractivity contribution in [3.63, 3.8) is 0 Å². The number of halogens is 1. The number of amides is 2. The third kappa shape index (κ3) is 5.38. The third-order valence-corrected chi connectivity index (χ3v) is 5.97. The highest BCUT2D eigenvalue weighted by molar-refractivity contribution is 9.10. The van der Waals surface area contributed by atoms with Crippen molar-refractivity contribution >= 4 is 50.6 Å². The highest BCUT2D eigenvalue weighted by Crippen LogP contribution is 2.38. The van der Waals surface area contributed by atoms with Crippen LogP contribution in [0.1, 0.15) is 18.1 Å². The highest BCUT2D eigenvalue weighted by atomic mass is 79.9. The lowest BCUT2D eigenvalue weighted by Gasteiger charge is -2.14. The lowest BCUT2D eigenvalue weighted by atomic mass is 10.1. The predicted molar refractivity (Wildman–Crippen MR) is 126 cm³/mol. The van der Waals surface area contributed by atoms with E-state index in [4.69, 9.17) is 9.47 Å². The number of non-ortho nitro benzene ring substituents is 1. The second kappa shape index (κ2) is 10.5. The first-order valence-corrected chi connectivity index (χ1v) is 11.1. The van der Waals surface area contributed by atoms with Gasteiger partial charge in [-0.15, -0.1) is 6.58 Å². The number of benzene rings is 2. The molecule has 166 valence electrons. The lowest BCUT2D eigenvalue weighted by Crippen LogP contribution is -2.27. The van der Waals surface area contributed by atoms with Crippen molar-refractivity contribution in [2.45, 2.75) is 13.5 Å². The van der Waals surface area contributed by atoms with Crippen LogP contribution in [0.5, 0.6) is 11.5 Å². The third-order valence-electron chi connectivity index (χ3n) is 4.38. The Balaban J connectivity index is 1.83. The van der Waals surface area contributed by atoms with Crippen LogP contribution >= 0.6 is 27.7 Å². The molecule has 0 aliphatic carbocycles. The fourth-order valence-corrected chi connectivity index (χ4v) is 4.12. The first kappa shape index (κ1) is 23.6. The highest BCUT2D eigenvalue weighted by Gasteiger charge is 2.34. The van der Waals surface area contributed by atoms with Crippen molar-refractivity contribution in [3.05, 3.63) is 79.7 Å². The van der Waals surface area contributed by atoms with Crippen molar-refractivity contribution < 1.29 is 24.0 Å². The summed E-state index contributed by atoms with van der Waals surface area (Å²) >= 11 is 4.35. The number of hydrogen-bond donors (Lipinski definition) is 0. The predicted octanol–water partition coefficient (Wildman–Crippen LogP) is 5.56. The summed E-state index contributed by atoms with van der Waals surface area (Å²) in [4.78, 5) is 36.3. The molecule has 0 saturated carbocycles. The van der Waals surface area contributed by atoms with Gasteiger partial charge in [0.1, 0.15) is 6.61 Å². The number of carbonyl (C=O) groups is 2. The maximum atomic E-state index is 12.5. The van der Waals surface area contributed by atoms with E-state index in [1.54, 1.807) is 30.3 Å². The van der Waals surface area contributed by atoms with Gasteiger partial charge in [0, 0.05) is 23.2 Å². The number of rotatable bonds is 9. The van der Waals surface area contributed by atoms with E-state index in [0.717, 1.165) is 22.2 Å². The van der Waals surface area contributed by atoms with Crippen molar-refractivity contribution in [1.82, 2.24) is 4.90 Å². The van der Waals surface area contributed by atoms with E-state index in [0.29, 0.717) is 33.0 Å². The minimum absolute atomic E-state index is 0.00774. The van der Waals surface area contributed by atoms with Gasteiger partial charge in [0.05, 0.1) is 16.4 Å². The second-order valence-electron chi connectivity index (χ2n) is 6.55. The monoisotopic (exact) mass is 518 g/mol. The van der Waals surface area contributed by atoms with E-state index >= 15 is 0 Å². The molecule has 0 radical (unpaired) electrons. The van der Waals surface area contributed by atoms with E-state index < -0.39 is 4.92 Å². The largest absolute Gasteiger partial charge is 0.490 e. The van der Waals surface area contributed by atoms with Crippen LogP contribution in [0.15, 0.2) is 58.4 Å². The van der Waals surface area contributed by atoms with E-state index in [1.807, 2.05) is 6.92 Å². The van der Waals surface area contributed by atoms with Gasteiger partial charge < -0.3 is 9.47 Å². The zero-order valence-corrected chi connectivity index (χ0v) is 19.5. The summed E-state index contributed by atoms with van der Waals surface area (Å²) in [6.45, 7) is 6.14. The smallest absolute Gasteiger partial charge is 0.293 e. The number of imide groups is 1. The number of carbonyl (C=O) groups excluding carboxylic acids is 2. The Morgan fingerprint density at radius 1 is 1.19 bits per heavy atom. The minimum atomic E-state index is -0.459. The number of thioether (sulfide) groups is 1. The molecule has 1 saturated heterocycles. The zero-order chi connectivity index (χ0) is 23.3. The van der Waals surface area contributed by atoms with Gasteiger partial charge in [-0.1, -0.05) is 22.0 Å². The van der Waals surface area contributed by atoms with E-state index in [-0.39, 0.29) is 30.0 Å². The Morgan fingerprint density at radius 3 is 2.50 bits per heavy atom.